The van der Waals surface area contributed by atoms with Crippen LogP contribution in [0.2, 0.25) is 0 Å². The van der Waals surface area contributed by atoms with Crippen molar-refractivity contribution < 1.29 is 23.0 Å². The van der Waals surface area contributed by atoms with Crippen molar-refractivity contribution in [3.05, 3.63) is 48.0 Å². The molecular weight excluding hydrogens is 380 g/mol. The molecule has 0 spiro atoms. The van der Waals surface area contributed by atoms with Crippen LogP contribution in [0, 0.1) is 11.6 Å². The molecule has 0 bridgehead atoms. The van der Waals surface area contributed by atoms with E-state index in [1.807, 2.05) is 0 Å². The Balaban J connectivity index is 1.43. The highest BCUT2D eigenvalue weighted by Crippen LogP contribution is 2.34. The molecule has 138 valence electrons. The van der Waals surface area contributed by atoms with Crippen LogP contribution in [0.15, 0.2) is 41.6 Å². The van der Waals surface area contributed by atoms with Gasteiger partial charge >= 0.3 is 0 Å². The normalized spacial score (nSPS) is 12.2. The Hall–Kier alpha value is -3.21. The van der Waals surface area contributed by atoms with Crippen molar-refractivity contribution in [3.63, 3.8) is 0 Å². The van der Waals surface area contributed by atoms with Gasteiger partial charge in [-0.25, -0.2) is 8.78 Å². The molecule has 4 rings (SSSR count). The number of nitrogens with zero attached hydrogens (tertiary/aromatic N) is 4. The zero-order chi connectivity index (χ0) is 18.8. The van der Waals surface area contributed by atoms with E-state index >= 15 is 0 Å². The van der Waals surface area contributed by atoms with Crippen LogP contribution in [0.5, 0.6) is 11.5 Å². The van der Waals surface area contributed by atoms with E-state index in [0.29, 0.717) is 22.3 Å². The second kappa shape index (κ2) is 7.19. The Morgan fingerprint density at radius 2 is 2.00 bits per heavy atom. The van der Waals surface area contributed by atoms with Gasteiger partial charge in [-0.1, -0.05) is 11.8 Å². The van der Waals surface area contributed by atoms with Crippen LogP contribution >= 0.6 is 11.8 Å². The number of fused-ring (bicyclic) bond motifs is 1. The van der Waals surface area contributed by atoms with Gasteiger partial charge in [0.25, 0.3) is 0 Å². The molecule has 1 aliphatic heterocycles. The van der Waals surface area contributed by atoms with Crippen LogP contribution in [-0.4, -0.2) is 38.7 Å². The lowest BCUT2D eigenvalue weighted by Crippen LogP contribution is -2.15. The number of carbonyl (C=O) groups excluding carboxylic acids is 1. The fourth-order valence-corrected chi connectivity index (χ4v) is 3.04. The van der Waals surface area contributed by atoms with E-state index in [1.165, 1.54) is 10.7 Å². The van der Waals surface area contributed by atoms with Crippen molar-refractivity contribution >= 4 is 23.4 Å². The molecule has 0 saturated carbocycles. The van der Waals surface area contributed by atoms with Crippen molar-refractivity contribution in [2.24, 2.45) is 0 Å². The summed E-state index contributed by atoms with van der Waals surface area (Å²) in [5, 5.41) is 14.3. The van der Waals surface area contributed by atoms with E-state index in [1.54, 1.807) is 18.2 Å². The van der Waals surface area contributed by atoms with Crippen LogP contribution in [-0.2, 0) is 4.79 Å². The van der Waals surface area contributed by atoms with Gasteiger partial charge in [-0.15, -0.1) is 5.10 Å². The maximum absolute atomic E-state index is 13.2. The van der Waals surface area contributed by atoms with Crippen LogP contribution < -0.4 is 14.8 Å². The summed E-state index contributed by atoms with van der Waals surface area (Å²) in [5.74, 6) is -1.24. The third-order valence-electron chi connectivity index (χ3n) is 3.58. The first-order valence-electron chi connectivity index (χ1n) is 7.66. The Morgan fingerprint density at radius 3 is 2.85 bits per heavy atom. The number of carbonyl (C=O) groups is 1. The highest BCUT2D eigenvalue weighted by atomic mass is 32.2. The standard InChI is InChI=1S/C16H11F2N5O3S/c17-11-3-1-9(5-12(11)18)19-15(24)7-27-16-20-21-22-23(16)10-2-4-13-14(6-10)26-8-25-13/h1-6H,7-8H2,(H,19,24). The number of hydrogen-bond acceptors (Lipinski definition) is 7. The highest BCUT2D eigenvalue weighted by Gasteiger charge is 2.17. The second-order valence-electron chi connectivity index (χ2n) is 5.38. The van der Waals surface area contributed by atoms with E-state index in [0.717, 1.165) is 23.9 Å². The van der Waals surface area contributed by atoms with E-state index in [2.05, 4.69) is 20.8 Å². The van der Waals surface area contributed by atoms with E-state index in [9.17, 15) is 13.6 Å². The molecule has 0 atom stereocenters. The second-order valence-corrected chi connectivity index (χ2v) is 6.32. The average molecular weight is 391 g/mol. The molecule has 8 nitrogen and oxygen atoms in total. The van der Waals surface area contributed by atoms with Gasteiger partial charge in [-0.2, -0.15) is 4.68 Å². The highest BCUT2D eigenvalue weighted by molar-refractivity contribution is 7.99. The van der Waals surface area contributed by atoms with Gasteiger partial charge in [0.2, 0.25) is 17.9 Å². The molecule has 27 heavy (non-hydrogen) atoms. The van der Waals surface area contributed by atoms with Crippen molar-refractivity contribution in [3.8, 4) is 17.2 Å². The smallest absolute Gasteiger partial charge is 0.234 e. The molecule has 2 aromatic carbocycles. The summed E-state index contributed by atoms with van der Waals surface area (Å²) in [4.78, 5) is 12.0. The largest absolute Gasteiger partial charge is 0.454 e. The molecule has 0 radical (unpaired) electrons. The van der Waals surface area contributed by atoms with Crippen LogP contribution in [0.1, 0.15) is 0 Å². The molecular formula is C16H11F2N5O3S. The molecule has 0 fully saturated rings. The van der Waals surface area contributed by atoms with Crippen LogP contribution in [0.3, 0.4) is 0 Å². The minimum Gasteiger partial charge on any atom is -0.454 e. The molecule has 0 saturated heterocycles. The van der Waals surface area contributed by atoms with E-state index < -0.39 is 17.5 Å². The molecule has 0 aliphatic carbocycles. The quantitative estimate of drug-likeness (QED) is 0.668. The molecule has 0 unspecified atom stereocenters. The number of nitrogens with one attached hydrogen (secondary N) is 1. The van der Waals surface area contributed by atoms with Crippen molar-refractivity contribution in [1.29, 1.82) is 0 Å². The number of ether oxygens (including phenoxy) is 2. The maximum Gasteiger partial charge on any atom is 0.234 e. The lowest BCUT2D eigenvalue weighted by atomic mass is 10.3. The minimum atomic E-state index is -1.03. The number of anilines is 1. The predicted molar refractivity (Wildman–Crippen MR) is 91.0 cm³/mol. The molecule has 1 amide bonds. The number of amides is 1. The van der Waals surface area contributed by atoms with Crippen molar-refractivity contribution in [1.82, 2.24) is 20.2 Å². The number of rotatable bonds is 5. The molecule has 3 aromatic rings. The van der Waals surface area contributed by atoms with Crippen molar-refractivity contribution in [2.75, 3.05) is 17.9 Å². The van der Waals surface area contributed by atoms with Gasteiger partial charge in [-0.3, -0.25) is 4.79 Å². The predicted octanol–water partition coefficient (Wildman–Crippen LogP) is 2.40. The molecule has 11 heteroatoms. The van der Waals surface area contributed by atoms with Gasteiger partial charge in [0, 0.05) is 17.8 Å². The first-order chi connectivity index (χ1) is 13.1. The number of benzene rings is 2. The van der Waals surface area contributed by atoms with Gasteiger partial charge in [0.15, 0.2) is 23.1 Å². The van der Waals surface area contributed by atoms with Crippen LogP contribution in [0.25, 0.3) is 5.69 Å². The fourth-order valence-electron chi connectivity index (χ4n) is 2.35. The number of aromatic nitrogens is 4. The summed E-state index contributed by atoms with van der Waals surface area (Å²) in [5.41, 5.74) is 0.808. The summed E-state index contributed by atoms with van der Waals surface area (Å²) in [6.07, 6.45) is 0. The van der Waals surface area contributed by atoms with E-state index in [-0.39, 0.29) is 18.2 Å². The van der Waals surface area contributed by atoms with Gasteiger partial charge < -0.3 is 14.8 Å². The maximum atomic E-state index is 13.2. The van der Waals surface area contributed by atoms with Gasteiger partial charge in [0.05, 0.1) is 11.4 Å². The average Bonchev–Trinajstić information content (AvgIpc) is 3.31. The number of tetrazole rings is 1. The fraction of sp³-hybridized carbons (Fsp3) is 0.125. The first kappa shape index (κ1) is 17.2. The number of hydrogen-bond donors (Lipinski definition) is 1. The number of thioether (sulfide) groups is 1. The first-order valence-corrected chi connectivity index (χ1v) is 8.65. The summed E-state index contributed by atoms with van der Waals surface area (Å²) < 4.78 is 38.2. The Bertz CT molecular complexity index is 1010. The van der Waals surface area contributed by atoms with Crippen LogP contribution in [0.4, 0.5) is 14.5 Å². The molecule has 1 aromatic heterocycles. The zero-order valence-corrected chi connectivity index (χ0v) is 14.4. The summed E-state index contributed by atoms with van der Waals surface area (Å²) in [7, 11) is 0. The molecule has 2 heterocycles. The van der Waals surface area contributed by atoms with Gasteiger partial charge in [-0.05, 0) is 34.7 Å². The Kier molecular flexibility index (Phi) is 4.59. The summed E-state index contributed by atoms with van der Waals surface area (Å²) in [6, 6.07) is 8.35. The topological polar surface area (TPSA) is 91.2 Å². The molecule has 1 N–H and O–H groups in total. The lowest BCUT2D eigenvalue weighted by molar-refractivity contribution is -0.113. The third-order valence-corrected chi connectivity index (χ3v) is 4.50. The third kappa shape index (κ3) is 3.67. The SMILES string of the molecule is O=C(CSc1nnnn1-c1ccc2c(c1)OCO2)Nc1ccc(F)c(F)c1. The Morgan fingerprint density at radius 1 is 1.15 bits per heavy atom. The Labute approximate surface area is 155 Å². The summed E-state index contributed by atoms with van der Waals surface area (Å²) in [6.45, 7) is 0.153. The van der Waals surface area contributed by atoms with Crippen molar-refractivity contribution in [2.45, 2.75) is 5.16 Å². The minimum absolute atomic E-state index is 0.0239. The zero-order valence-electron chi connectivity index (χ0n) is 13.6. The monoisotopic (exact) mass is 391 g/mol. The summed E-state index contributed by atoms with van der Waals surface area (Å²) >= 11 is 1.09. The number of halogens is 2. The van der Waals surface area contributed by atoms with E-state index in [4.69, 9.17) is 9.47 Å². The van der Waals surface area contributed by atoms with Gasteiger partial charge in [0.1, 0.15) is 0 Å². The lowest BCUT2D eigenvalue weighted by Gasteiger charge is -2.07. The molecule has 1 aliphatic rings.